The van der Waals surface area contributed by atoms with Crippen LogP contribution in [0.25, 0.3) is 0 Å². The lowest BCUT2D eigenvalue weighted by Crippen LogP contribution is -1.91. The normalized spacial score (nSPS) is 10.1. The molecule has 60 valence electrons. The Balaban J connectivity index is 3.24. The zero-order chi connectivity index (χ0) is 8.43. The molecule has 11 heavy (non-hydrogen) atoms. The van der Waals surface area contributed by atoms with Crippen molar-refractivity contribution in [1.82, 2.24) is 0 Å². The molecule has 0 aliphatic carbocycles. The van der Waals surface area contributed by atoms with E-state index in [1.165, 1.54) is 0 Å². The van der Waals surface area contributed by atoms with Crippen LogP contribution in [0.2, 0.25) is 5.02 Å². The van der Waals surface area contributed by atoms with E-state index in [2.05, 4.69) is 6.92 Å². The van der Waals surface area contributed by atoms with Gasteiger partial charge in [-0.25, -0.2) is 0 Å². The van der Waals surface area contributed by atoms with Gasteiger partial charge in [-0.2, -0.15) is 0 Å². The smallest absolute Gasteiger partial charge is 0.0468 e. The van der Waals surface area contributed by atoms with Gasteiger partial charge in [0.05, 0.1) is 0 Å². The summed E-state index contributed by atoms with van der Waals surface area (Å²) in [6.45, 7) is 4.04. The van der Waals surface area contributed by atoms with Crippen LogP contribution in [-0.2, 0) is 6.42 Å². The van der Waals surface area contributed by atoms with Gasteiger partial charge in [-0.1, -0.05) is 18.5 Å². The summed E-state index contributed by atoms with van der Waals surface area (Å²) in [6.07, 6.45) is 0.935. The molecule has 1 rings (SSSR count). The van der Waals surface area contributed by atoms with Crippen molar-refractivity contribution in [2.75, 3.05) is 5.73 Å². The summed E-state index contributed by atoms with van der Waals surface area (Å²) >= 11 is 6.01. The van der Waals surface area contributed by atoms with Crippen molar-refractivity contribution in [2.45, 2.75) is 20.3 Å². The Kier molecular flexibility index (Phi) is 2.40. The van der Waals surface area contributed by atoms with Crippen LogP contribution in [0.1, 0.15) is 18.1 Å². The highest BCUT2D eigenvalue weighted by Crippen LogP contribution is 2.23. The van der Waals surface area contributed by atoms with Gasteiger partial charge in [0.15, 0.2) is 0 Å². The van der Waals surface area contributed by atoms with E-state index in [1.807, 2.05) is 19.1 Å². The summed E-state index contributed by atoms with van der Waals surface area (Å²) in [5, 5.41) is 0.849. The van der Waals surface area contributed by atoms with Gasteiger partial charge < -0.3 is 5.73 Å². The van der Waals surface area contributed by atoms with Gasteiger partial charge in [0.1, 0.15) is 0 Å². The molecule has 1 aromatic carbocycles. The molecule has 0 saturated carbocycles. The average Bonchev–Trinajstić information content (AvgIpc) is 1.96. The highest BCUT2D eigenvalue weighted by molar-refractivity contribution is 6.32. The molecule has 0 fully saturated rings. The standard InChI is InChI=1S/C9H12ClN/c1-3-7-5-8(11)4-6(2)9(7)10/h4-5H,3,11H2,1-2H3. The summed E-state index contributed by atoms with van der Waals surface area (Å²) in [5.74, 6) is 0. The van der Waals surface area contributed by atoms with Crippen LogP contribution in [0, 0.1) is 6.92 Å². The minimum Gasteiger partial charge on any atom is -0.399 e. The van der Waals surface area contributed by atoms with Crippen molar-refractivity contribution >= 4 is 17.3 Å². The van der Waals surface area contributed by atoms with E-state index in [4.69, 9.17) is 17.3 Å². The summed E-state index contributed by atoms with van der Waals surface area (Å²) < 4.78 is 0. The van der Waals surface area contributed by atoms with Crippen LogP contribution in [0.3, 0.4) is 0 Å². The number of benzene rings is 1. The number of anilines is 1. The number of halogens is 1. The lowest BCUT2D eigenvalue weighted by Gasteiger charge is -2.05. The van der Waals surface area contributed by atoms with Crippen molar-refractivity contribution in [1.29, 1.82) is 0 Å². The first-order valence-electron chi connectivity index (χ1n) is 3.69. The Morgan fingerprint density at radius 3 is 2.64 bits per heavy atom. The Labute approximate surface area is 72.2 Å². The number of nitrogens with two attached hydrogens (primary N) is 1. The fraction of sp³-hybridized carbons (Fsp3) is 0.333. The van der Waals surface area contributed by atoms with Crippen molar-refractivity contribution < 1.29 is 0 Å². The topological polar surface area (TPSA) is 26.0 Å². The quantitative estimate of drug-likeness (QED) is 0.643. The second-order valence-corrected chi connectivity index (χ2v) is 3.04. The number of nitrogen functional groups attached to an aromatic ring is 1. The molecule has 0 unspecified atom stereocenters. The van der Waals surface area contributed by atoms with E-state index in [0.29, 0.717) is 0 Å². The maximum atomic E-state index is 6.01. The first-order chi connectivity index (χ1) is 5.15. The molecule has 0 aliphatic rings. The lowest BCUT2D eigenvalue weighted by molar-refractivity contribution is 1.13. The second-order valence-electron chi connectivity index (χ2n) is 2.66. The third kappa shape index (κ3) is 1.66. The predicted octanol–water partition coefficient (Wildman–Crippen LogP) is 2.79. The van der Waals surface area contributed by atoms with Gasteiger partial charge in [0.25, 0.3) is 0 Å². The summed E-state index contributed by atoms with van der Waals surface area (Å²) in [5.41, 5.74) is 8.63. The largest absolute Gasteiger partial charge is 0.399 e. The highest BCUT2D eigenvalue weighted by atomic mass is 35.5. The molecule has 0 saturated heterocycles. The SMILES string of the molecule is CCc1cc(N)cc(C)c1Cl. The third-order valence-electron chi connectivity index (χ3n) is 1.73. The first kappa shape index (κ1) is 8.41. The van der Waals surface area contributed by atoms with Gasteiger partial charge in [0.2, 0.25) is 0 Å². The Morgan fingerprint density at radius 2 is 2.09 bits per heavy atom. The van der Waals surface area contributed by atoms with Gasteiger partial charge in [-0.15, -0.1) is 0 Å². The molecule has 0 amide bonds. The summed E-state index contributed by atoms with van der Waals surface area (Å²) in [7, 11) is 0. The van der Waals surface area contributed by atoms with Crippen molar-refractivity contribution in [3.05, 3.63) is 28.3 Å². The van der Waals surface area contributed by atoms with Crippen LogP contribution < -0.4 is 5.73 Å². The Morgan fingerprint density at radius 1 is 1.45 bits per heavy atom. The molecule has 2 N–H and O–H groups in total. The third-order valence-corrected chi connectivity index (χ3v) is 2.27. The maximum absolute atomic E-state index is 6.01. The van der Waals surface area contributed by atoms with Gasteiger partial charge in [0, 0.05) is 10.7 Å². The fourth-order valence-corrected chi connectivity index (χ4v) is 1.37. The molecule has 1 nitrogen and oxygen atoms in total. The zero-order valence-electron chi connectivity index (χ0n) is 6.82. The van der Waals surface area contributed by atoms with Crippen LogP contribution in [0.5, 0.6) is 0 Å². The van der Waals surface area contributed by atoms with E-state index in [0.717, 1.165) is 28.3 Å². The van der Waals surface area contributed by atoms with Crippen LogP contribution in [0.15, 0.2) is 12.1 Å². The van der Waals surface area contributed by atoms with E-state index in [1.54, 1.807) is 0 Å². The molecule has 0 aliphatic heterocycles. The molecule has 1 aromatic rings. The maximum Gasteiger partial charge on any atom is 0.0468 e. The molecule has 0 spiro atoms. The molecule has 0 aromatic heterocycles. The molecular formula is C9H12ClN. The van der Waals surface area contributed by atoms with Gasteiger partial charge in [-0.05, 0) is 36.6 Å². The number of hydrogen-bond acceptors (Lipinski definition) is 1. The van der Waals surface area contributed by atoms with Crippen LogP contribution >= 0.6 is 11.6 Å². The molecule has 0 heterocycles. The summed E-state index contributed by atoms with van der Waals surface area (Å²) in [6, 6.07) is 3.82. The highest BCUT2D eigenvalue weighted by Gasteiger charge is 2.01. The predicted molar refractivity (Wildman–Crippen MR) is 50.0 cm³/mol. The molecule has 0 bridgehead atoms. The van der Waals surface area contributed by atoms with E-state index < -0.39 is 0 Å². The number of hydrogen-bond donors (Lipinski definition) is 1. The van der Waals surface area contributed by atoms with Gasteiger partial charge >= 0.3 is 0 Å². The Bertz CT molecular complexity index is 269. The molecule has 0 radical (unpaired) electrons. The first-order valence-corrected chi connectivity index (χ1v) is 4.07. The van der Waals surface area contributed by atoms with Crippen LogP contribution in [-0.4, -0.2) is 0 Å². The number of aryl methyl sites for hydroxylation is 2. The Hall–Kier alpha value is -0.690. The molecule has 2 heteroatoms. The zero-order valence-corrected chi connectivity index (χ0v) is 7.57. The van der Waals surface area contributed by atoms with Crippen LogP contribution in [0.4, 0.5) is 5.69 Å². The van der Waals surface area contributed by atoms with E-state index in [9.17, 15) is 0 Å². The minimum atomic E-state index is 0.795. The minimum absolute atomic E-state index is 0.795. The average molecular weight is 170 g/mol. The second kappa shape index (κ2) is 3.14. The van der Waals surface area contributed by atoms with E-state index >= 15 is 0 Å². The fourth-order valence-electron chi connectivity index (χ4n) is 1.13. The van der Waals surface area contributed by atoms with Gasteiger partial charge in [-0.3, -0.25) is 0 Å². The molecule has 0 atom stereocenters. The van der Waals surface area contributed by atoms with Crippen molar-refractivity contribution in [3.8, 4) is 0 Å². The van der Waals surface area contributed by atoms with Crippen molar-refractivity contribution in [3.63, 3.8) is 0 Å². The number of rotatable bonds is 1. The van der Waals surface area contributed by atoms with E-state index in [-0.39, 0.29) is 0 Å². The monoisotopic (exact) mass is 169 g/mol. The lowest BCUT2D eigenvalue weighted by atomic mass is 10.1. The summed E-state index contributed by atoms with van der Waals surface area (Å²) in [4.78, 5) is 0. The molecular weight excluding hydrogens is 158 g/mol. The van der Waals surface area contributed by atoms with Crippen molar-refractivity contribution in [2.24, 2.45) is 0 Å².